The van der Waals surface area contributed by atoms with E-state index in [1.54, 1.807) is 0 Å². The molecule has 7 nitrogen and oxygen atoms in total. The summed E-state index contributed by atoms with van der Waals surface area (Å²) >= 11 is 0. The molecule has 0 aliphatic carbocycles. The lowest BCUT2D eigenvalue weighted by Crippen LogP contribution is -2.47. The summed E-state index contributed by atoms with van der Waals surface area (Å²) in [6.45, 7) is -1.33. The maximum absolute atomic E-state index is 12.3. The fraction of sp³-hybridized carbons (Fsp3) is 0.667. The van der Waals surface area contributed by atoms with Gasteiger partial charge in [-0.3, -0.25) is 14.4 Å². The van der Waals surface area contributed by atoms with Gasteiger partial charge >= 0.3 is 0 Å². The highest BCUT2D eigenvalue weighted by Gasteiger charge is 2.21. The summed E-state index contributed by atoms with van der Waals surface area (Å²) in [4.78, 5) is 31.7. The molecule has 0 saturated carbocycles. The van der Waals surface area contributed by atoms with E-state index in [-0.39, 0.29) is 19.4 Å². The normalized spacial score (nSPS) is 13.5. The van der Waals surface area contributed by atoms with Crippen LogP contribution in [0.15, 0.2) is 0 Å². The van der Waals surface area contributed by atoms with Crippen molar-refractivity contribution in [1.82, 2.24) is 10.6 Å². The number of aliphatic hydroxyl groups excluding tert-OH is 1. The lowest BCUT2D eigenvalue weighted by Gasteiger charge is -2.21. The molecule has 2 unspecified atom stereocenters. The van der Waals surface area contributed by atoms with Gasteiger partial charge in [-0.1, -0.05) is 0 Å². The van der Waals surface area contributed by atoms with Crippen LogP contribution in [-0.2, 0) is 14.4 Å². The smallest absolute Gasteiger partial charge is 0.239 e. The Kier molecular flexibility index (Phi) is 7.61. The number of amides is 3. The highest BCUT2D eigenvalue weighted by Crippen LogP contribution is 2.03. The van der Waals surface area contributed by atoms with Crippen LogP contribution >= 0.6 is 0 Å². The minimum Gasteiger partial charge on any atom is -0.388 e. The molecule has 8 heteroatoms. The van der Waals surface area contributed by atoms with Crippen molar-refractivity contribution in [3.63, 3.8) is 0 Å². The zero-order chi connectivity index (χ0) is 13.3. The molecule has 2 atom stereocenters. The van der Waals surface area contributed by atoms with Gasteiger partial charge in [-0.15, -0.1) is 0 Å². The predicted molar refractivity (Wildman–Crippen MR) is 56.4 cm³/mol. The topological polar surface area (TPSA) is 122 Å². The van der Waals surface area contributed by atoms with Crippen molar-refractivity contribution in [2.75, 3.05) is 13.2 Å². The standard InChI is InChI=1S/C9H16FN3O4/c10-3-7(15)6(1-2-8(11)16)13-9(17)4-12-5-14/h5-7,15H,1-4H2,(H2,11,16)(H,12,14)(H,13,17). The van der Waals surface area contributed by atoms with Crippen molar-refractivity contribution >= 4 is 18.2 Å². The van der Waals surface area contributed by atoms with Crippen molar-refractivity contribution in [2.45, 2.75) is 25.0 Å². The third-order valence-corrected chi connectivity index (χ3v) is 2.02. The molecular weight excluding hydrogens is 233 g/mol. The van der Waals surface area contributed by atoms with Crippen molar-refractivity contribution in [3.8, 4) is 0 Å². The molecule has 0 rings (SSSR count). The number of rotatable bonds is 9. The summed E-state index contributed by atoms with van der Waals surface area (Å²) in [5.74, 6) is -1.19. The highest BCUT2D eigenvalue weighted by atomic mass is 19.1. The second-order valence-electron chi connectivity index (χ2n) is 3.40. The minimum atomic E-state index is -1.41. The molecule has 0 aliphatic heterocycles. The molecule has 0 aromatic carbocycles. The Bertz CT molecular complexity index is 275. The van der Waals surface area contributed by atoms with Crippen LogP contribution in [0.1, 0.15) is 12.8 Å². The quantitative estimate of drug-likeness (QED) is 0.347. The summed E-state index contributed by atoms with van der Waals surface area (Å²) in [6.07, 6.45) is -1.12. The van der Waals surface area contributed by atoms with Crippen LogP contribution in [0.2, 0.25) is 0 Å². The molecule has 0 saturated heterocycles. The Morgan fingerprint density at radius 1 is 1.47 bits per heavy atom. The van der Waals surface area contributed by atoms with Gasteiger partial charge in [0.15, 0.2) is 0 Å². The summed E-state index contributed by atoms with van der Waals surface area (Å²) in [5.41, 5.74) is 4.91. The van der Waals surface area contributed by atoms with Crippen LogP contribution in [0, 0.1) is 0 Å². The number of aliphatic hydroxyl groups is 1. The fourth-order valence-corrected chi connectivity index (χ4v) is 1.16. The molecule has 0 radical (unpaired) electrons. The van der Waals surface area contributed by atoms with Gasteiger partial charge in [0.2, 0.25) is 18.2 Å². The number of carbonyl (C=O) groups excluding carboxylic acids is 3. The highest BCUT2D eigenvalue weighted by molar-refractivity contribution is 5.80. The van der Waals surface area contributed by atoms with E-state index in [2.05, 4.69) is 10.6 Å². The van der Waals surface area contributed by atoms with Crippen molar-refractivity contribution in [3.05, 3.63) is 0 Å². The third-order valence-electron chi connectivity index (χ3n) is 2.02. The predicted octanol–water partition coefficient (Wildman–Crippen LogP) is -2.19. The Morgan fingerprint density at radius 3 is 2.59 bits per heavy atom. The third kappa shape index (κ3) is 7.23. The molecule has 0 fully saturated rings. The number of primary amides is 1. The van der Waals surface area contributed by atoms with Crippen LogP contribution in [-0.4, -0.2) is 48.7 Å². The van der Waals surface area contributed by atoms with Crippen LogP contribution in [0.25, 0.3) is 0 Å². The Morgan fingerprint density at radius 2 is 2.12 bits per heavy atom. The first-order valence-corrected chi connectivity index (χ1v) is 5.00. The zero-order valence-electron chi connectivity index (χ0n) is 9.19. The molecule has 0 aromatic heterocycles. The summed E-state index contributed by atoms with van der Waals surface area (Å²) in [5, 5.41) is 13.7. The molecule has 17 heavy (non-hydrogen) atoms. The number of carbonyl (C=O) groups is 3. The van der Waals surface area contributed by atoms with Gasteiger partial charge in [-0.05, 0) is 6.42 Å². The number of hydrogen-bond acceptors (Lipinski definition) is 4. The molecule has 0 spiro atoms. The van der Waals surface area contributed by atoms with Gasteiger partial charge in [0, 0.05) is 6.42 Å². The van der Waals surface area contributed by atoms with Crippen molar-refractivity contribution in [2.24, 2.45) is 5.73 Å². The van der Waals surface area contributed by atoms with E-state index in [0.29, 0.717) is 6.41 Å². The number of nitrogens with two attached hydrogens (primary N) is 1. The fourth-order valence-electron chi connectivity index (χ4n) is 1.16. The molecule has 0 heterocycles. The van der Waals surface area contributed by atoms with Gasteiger partial charge in [0.25, 0.3) is 0 Å². The van der Waals surface area contributed by atoms with E-state index in [0.717, 1.165) is 0 Å². The van der Waals surface area contributed by atoms with Gasteiger partial charge in [0.1, 0.15) is 12.8 Å². The first kappa shape index (κ1) is 15.3. The number of alkyl halides is 1. The summed E-state index contributed by atoms with van der Waals surface area (Å²) in [7, 11) is 0. The van der Waals surface area contributed by atoms with Gasteiger partial charge in [-0.2, -0.15) is 0 Å². The van der Waals surface area contributed by atoms with E-state index < -0.39 is 30.6 Å². The molecule has 98 valence electrons. The maximum Gasteiger partial charge on any atom is 0.239 e. The van der Waals surface area contributed by atoms with Crippen LogP contribution in [0.4, 0.5) is 4.39 Å². The Balaban J connectivity index is 4.22. The van der Waals surface area contributed by atoms with Gasteiger partial charge in [0.05, 0.1) is 12.6 Å². The summed E-state index contributed by atoms with van der Waals surface area (Å²) in [6, 6.07) is -0.909. The molecule has 3 amide bonds. The van der Waals surface area contributed by atoms with E-state index in [1.165, 1.54) is 0 Å². The monoisotopic (exact) mass is 249 g/mol. The first-order valence-electron chi connectivity index (χ1n) is 5.00. The molecule has 5 N–H and O–H groups in total. The van der Waals surface area contributed by atoms with E-state index >= 15 is 0 Å². The van der Waals surface area contributed by atoms with Crippen molar-refractivity contribution in [1.29, 1.82) is 0 Å². The first-order chi connectivity index (χ1) is 8.01. The van der Waals surface area contributed by atoms with Gasteiger partial charge < -0.3 is 21.5 Å². The van der Waals surface area contributed by atoms with E-state index in [1.807, 2.05) is 0 Å². The number of nitrogens with one attached hydrogen (secondary N) is 2. The average molecular weight is 249 g/mol. The Hall–Kier alpha value is -1.70. The summed E-state index contributed by atoms with van der Waals surface area (Å²) < 4.78 is 12.3. The molecule has 0 aliphatic rings. The minimum absolute atomic E-state index is 0.0350. The second kappa shape index (κ2) is 8.45. The van der Waals surface area contributed by atoms with Crippen LogP contribution < -0.4 is 16.4 Å². The molecule has 0 bridgehead atoms. The van der Waals surface area contributed by atoms with Crippen LogP contribution in [0.3, 0.4) is 0 Å². The molecular formula is C9H16FN3O4. The van der Waals surface area contributed by atoms with Gasteiger partial charge in [-0.25, -0.2) is 4.39 Å². The molecule has 0 aromatic rings. The van der Waals surface area contributed by atoms with E-state index in [9.17, 15) is 23.9 Å². The van der Waals surface area contributed by atoms with Crippen LogP contribution in [0.5, 0.6) is 0 Å². The SMILES string of the molecule is NC(=O)CCC(NC(=O)CNC=O)C(O)CF. The average Bonchev–Trinajstić information content (AvgIpc) is 2.30. The lowest BCUT2D eigenvalue weighted by atomic mass is 10.1. The Labute approximate surface area is 97.5 Å². The lowest BCUT2D eigenvalue weighted by molar-refractivity contribution is -0.124. The number of hydrogen-bond donors (Lipinski definition) is 4. The number of halogens is 1. The maximum atomic E-state index is 12.3. The largest absolute Gasteiger partial charge is 0.388 e. The van der Waals surface area contributed by atoms with Crippen molar-refractivity contribution < 1.29 is 23.9 Å². The second-order valence-corrected chi connectivity index (χ2v) is 3.40. The zero-order valence-corrected chi connectivity index (χ0v) is 9.19. The van der Waals surface area contributed by atoms with E-state index in [4.69, 9.17) is 5.73 Å².